The highest BCUT2D eigenvalue weighted by atomic mass is 79.9. The Labute approximate surface area is 130 Å². The van der Waals surface area contributed by atoms with Crippen LogP contribution in [0.3, 0.4) is 0 Å². The molecule has 2 aromatic carbocycles. The van der Waals surface area contributed by atoms with Crippen molar-refractivity contribution in [1.82, 2.24) is 4.57 Å². The molecule has 0 spiro atoms. The van der Waals surface area contributed by atoms with Crippen molar-refractivity contribution in [3.8, 4) is 5.75 Å². The lowest BCUT2D eigenvalue weighted by Gasteiger charge is -2.11. The topological polar surface area (TPSA) is 14.2 Å². The zero-order valence-electron chi connectivity index (χ0n) is 11.3. The van der Waals surface area contributed by atoms with E-state index in [-0.39, 0.29) is 5.82 Å². The Kier molecular flexibility index (Phi) is 3.00. The van der Waals surface area contributed by atoms with Crippen molar-refractivity contribution in [2.45, 2.75) is 13.0 Å². The van der Waals surface area contributed by atoms with Gasteiger partial charge in [0.05, 0.1) is 18.7 Å². The Morgan fingerprint density at radius 1 is 1.19 bits per heavy atom. The van der Waals surface area contributed by atoms with E-state index in [9.17, 15) is 4.39 Å². The lowest BCUT2D eigenvalue weighted by atomic mass is 10.1. The second-order valence-electron chi connectivity index (χ2n) is 5.30. The van der Waals surface area contributed by atoms with Crippen molar-refractivity contribution in [3.63, 3.8) is 0 Å². The number of rotatable bonds is 2. The first-order valence-electron chi connectivity index (χ1n) is 6.89. The van der Waals surface area contributed by atoms with Gasteiger partial charge in [-0.15, -0.1) is 0 Å². The van der Waals surface area contributed by atoms with Crippen LogP contribution in [0.15, 0.2) is 47.1 Å². The summed E-state index contributed by atoms with van der Waals surface area (Å²) in [5, 5.41) is 1.05. The van der Waals surface area contributed by atoms with Gasteiger partial charge in [-0.3, -0.25) is 0 Å². The van der Waals surface area contributed by atoms with Gasteiger partial charge in [-0.05, 0) is 47.3 Å². The molecule has 0 bridgehead atoms. The van der Waals surface area contributed by atoms with Crippen molar-refractivity contribution in [2.75, 3.05) is 6.61 Å². The normalized spacial score (nSPS) is 13.4. The van der Waals surface area contributed by atoms with E-state index in [0.717, 1.165) is 39.7 Å². The SMILES string of the molecule is Fc1ccc2ccn(Cc3cc(Br)cc4c3OCC4)c2c1. The molecule has 2 nitrogen and oxygen atoms in total. The minimum Gasteiger partial charge on any atom is -0.493 e. The molecule has 1 aliphatic heterocycles. The summed E-state index contributed by atoms with van der Waals surface area (Å²) in [6.45, 7) is 1.41. The molecule has 0 amide bonds. The number of nitrogens with zero attached hydrogens (tertiary/aromatic N) is 1. The fraction of sp³-hybridized carbons (Fsp3) is 0.176. The van der Waals surface area contributed by atoms with Crippen molar-refractivity contribution in [3.05, 3.63) is 64.0 Å². The average Bonchev–Trinajstić information content (AvgIpc) is 3.06. The lowest BCUT2D eigenvalue weighted by molar-refractivity contribution is 0.353. The van der Waals surface area contributed by atoms with E-state index in [1.807, 2.05) is 18.3 Å². The van der Waals surface area contributed by atoms with E-state index in [2.05, 4.69) is 32.6 Å². The molecule has 0 saturated heterocycles. The molecule has 0 saturated carbocycles. The third kappa shape index (κ3) is 2.23. The van der Waals surface area contributed by atoms with Gasteiger partial charge in [0, 0.05) is 22.7 Å². The maximum absolute atomic E-state index is 13.5. The monoisotopic (exact) mass is 345 g/mol. The van der Waals surface area contributed by atoms with Crippen molar-refractivity contribution in [1.29, 1.82) is 0 Å². The summed E-state index contributed by atoms with van der Waals surface area (Å²) in [5.41, 5.74) is 3.27. The summed E-state index contributed by atoms with van der Waals surface area (Å²) in [5.74, 6) is 0.773. The predicted octanol–water partition coefficient (Wildman–Crippen LogP) is 4.53. The molecule has 1 aliphatic rings. The second-order valence-corrected chi connectivity index (χ2v) is 6.21. The molecule has 4 rings (SSSR count). The van der Waals surface area contributed by atoms with Crippen LogP contribution in [0.2, 0.25) is 0 Å². The highest BCUT2D eigenvalue weighted by Gasteiger charge is 2.18. The van der Waals surface area contributed by atoms with E-state index < -0.39 is 0 Å². The van der Waals surface area contributed by atoms with Crippen LogP contribution in [0.4, 0.5) is 4.39 Å². The quantitative estimate of drug-likeness (QED) is 0.665. The van der Waals surface area contributed by atoms with Crippen LogP contribution in [0.5, 0.6) is 5.75 Å². The van der Waals surface area contributed by atoms with Gasteiger partial charge in [0.1, 0.15) is 11.6 Å². The van der Waals surface area contributed by atoms with Gasteiger partial charge in [0.25, 0.3) is 0 Å². The molecule has 1 aromatic heterocycles. The van der Waals surface area contributed by atoms with E-state index in [0.29, 0.717) is 6.54 Å². The third-order valence-electron chi connectivity index (χ3n) is 3.90. The molecule has 0 aliphatic carbocycles. The first-order valence-corrected chi connectivity index (χ1v) is 7.68. The number of fused-ring (bicyclic) bond motifs is 2. The first-order chi connectivity index (χ1) is 10.2. The lowest BCUT2D eigenvalue weighted by Crippen LogP contribution is -2.00. The largest absolute Gasteiger partial charge is 0.493 e. The van der Waals surface area contributed by atoms with Crippen LogP contribution in [-0.2, 0) is 13.0 Å². The van der Waals surface area contributed by atoms with Gasteiger partial charge in [-0.25, -0.2) is 4.39 Å². The summed E-state index contributed by atoms with van der Waals surface area (Å²) < 4.78 is 22.3. The van der Waals surface area contributed by atoms with Gasteiger partial charge in [-0.1, -0.05) is 15.9 Å². The van der Waals surface area contributed by atoms with Gasteiger partial charge < -0.3 is 9.30 Å². The van der Waals surface area contributed by atoms with Gasteiger partial charge in [-0.2, -0.15) is 0 Å². The molecule has 0 N–H and O–H groups in total. The molecule has 2 heterocycles. The number of aromatic nitrogens is 1. The maximum atomic E-state index is 13.5. The smallest absolute Gasteiger partial charge is 0.127 e. The number of hydrogen-bond acceptors (Lipinski definition) is 1. The van der Waals surface area contributed by atoms with E-state index >= 15 is 0 Å². The third-order valence-corrected chi connectivity index (χ3v) is 4.36. The summed E-state index contributed by atoms with van der Waals surface area (Å²) in [4.78, 5) is 0. The Balaban J connectivity index is 1.80. The summed E-state index contributed by atoms with van der Waals surface area (Å²) in [6, 6.07) is 11.1. The van der Waals surface area contributed by atoms with Gasteiger partial charge in [0.15, 0.2) is 0 Å². The van der Waals surface area contributed by atoms with Crippen LogP contribution in [0.25, 0.3) is 10.9 Å². The van der Waals surface area contributed by atoms with Crippen LogP contribution < -0.4 is 4.74 Å². The highest BCUT2D eigenvalue weighted by molar-refractivity contribution is 9.10. The molecular formula is C17H13BrFNO. The van der Waals surface area contributed by atoms with Crippen LogP contribution in [0, 0.1) is 5.82 Å². The summed E-state index contributed by atoms with van der Waals surface area (Å²) in [7, 11) is 0. The van der Waals surface area contributed by atoms with E-state index in [1.165, 1.54) is 11.6 Å². The average molecular weight is 346 g/mol. The highest BCUT2D eigenvalue weighted by Crippen LogP contribution is 2.34. The van der Waals surface area contributed by atoms with Crippen LogP contribution >= 0.6 is 15.9 Å². The number of benzene rings is 2. The molecule has 0 radical (unpaired) electrons. The molecule has 21 heavy (non-hydrogen) atoms. The predicted molar refractivity (Wildman–Crippen MR) is 84.3 cm³/mol. The zero-order chi connectivity index (χ0) is 14.4. The molecule has 3 aromatic rings. The van der Waals surface area contributed by atoms with Crippen molar-refractivity contribution >= 4 is 26.8 Å². The molecule has 4 heteroatoms. The van der Waals surface area contributed by atoms with Crippen LogP contribution in [-0.4, -0.2) is 11.2 Å². The van der Waals surface area contributed by atoms with Gasteiger partial charge in [0.2, 0.25) is 0 Å². The molecular weight excluding hydrogens is 333 g/mol. The van der Waals surface area contributed by atoms with Crippen molar-refractivity contribution in [2.24, 2.45) is 0 Å². The standard InChI is InChI=1S/C17H13BrFNO/c18-14-7-12-4-6-21-17(12)13(8-14)10-20-5-3-11-1-2-15(19)9-16(11)20/h1-3,5,7-9H,4,6,10H2. The zero-order valence-corrected chi connectivity index (χ0v) is 12.9. The second kappa shape index (κ2) is 4.88. The minimum atomic E-state index is -0.210. The Hall–Kier alpha value is -1.81. The molecule has 0 atom stereocenters. The Morgan fingerprint density at radius 2 is 2.10 bits per heavy atom. The van der Waals surface area contributed by atoms with E-state index in [4.69, 9.17) is 4.74 Å². The van der Waals surface area contributed by atoms with Crippen molar-refractivity contribution < 1.29 is 9.13 Å². The maximum Gasteiger partial charge on any atom is 0.127 e. The first kappa shape index (κ1) is 12.9. The summed E-state index contributed by atoms with van der Waals surface area (Å²) in [6.07, 6.45) is 2.94. The summed E-state index contributed by atoms with van der Waals surface area (Å²) >= 11 is 3.56. The fourth-order valence-corrected chi connectivity index (χ4v) is 3.49. The molecule has 0 unspecified atom stereocenters. The number of hydrogen-bond donors (Lipinski definition) is 0. The van der Waals surface area contributed by atoms with Crippen LogP contribution in [0.1, 0.15) is 11.1 Å². The molecule has 106 valence electrons. The minimum absolute atomic E-state index is 0.210. The molecule has 0 fully saturated rings. The van der Waals surface area contributed by atoms with E-state index in [1.54, 1.807) is 6.07 Å². The fourth-order valence-electron chi connectivity index (χ4n) is 2.94. The number of ether oxygens (including phenoxy) is 1. The Morgan fingerprint density at radius 3 is 3.00 bits per heavy atom. The number of halogens is 2. The Bertz CT molecular complexity index is 840. The van der Waals surface area contributed by atoms with Gasteiger partial charge >= 0.3 is 0 Å².